The lowest BCUT2D eigenvalue weighted by Gasteiger charge is -2.16. The van der Waals surface area contributed by atoms with Gasteiger partial charge in [0.05, 0.1) is 12.8 Å². The number of hydrogen-bond acceptors (Lipinski definition) is 4. The topological polar surface area (TPSA) is 138 Å². The van der Waals surface area contributed by atoms with Gasteiger partial charge in [-0.1, -0.05) is 0 Å². The molecule has 0 unspecified atom stereocenters. The predicted molar refractivity (Wildman–Crippen MR) is 43.6 cm³/mol. The zero-order chi connectivity index (χ0) is 11.3. The van der Waals surface area contributed by atoms with Crippen molar-refractivity contribution in [1.82, 2.24) is 0 Å². The molecular formula is C7H11NO6. The summed E-state index contributed by atoms with van der Waals surface area (Å²) in [4.78, 5) is 30.9. The van der Waals surface area contributed by atoms with Crippen LogP contribution in [0.3, 0.4) is 0 Å². The predicted octanol–water partition coefficient (Wildman–Crippen LogP) is -1.04. The van der Waals surface area contributed by atoms with Crippen LogP contribution < -0.4 is 5.73 Å². The zero-order valence-electron chi connectivity index (χ0n) is 7.21. The molecule has 0 aromatic heterocycles. The molecule has 0 aromatic rings. The minimum atomic E-state index is -1.47. The molecule has 0 aromatic carbocycles. The number of carboxylic acid groups (broad SMARTS) is 3. The van der Waals surface area contributed by atoms with E-state index in [4.69, 9.17) is 21.1 Å². The average molecular weight is 205 g/mol. The molecule has 7 heteroatoms. The maximum absolute atomic E-state index is 10.4. The van der Waals surface area contributed by atoms with Gasteiger partial charge in [-0.3, -0.25) is 14.4 Å². The van der Waals surface area contributed by atoms with Crippen molar-refractivity contribution < 1.29 is 29.7 Å². The summed E-state index contributed by atoms with van der Waals surface area (Å²) < 4.78 is 0. The van der Waals surface area contributed by atoms with Gasteiger partial charge in [0.25, 0.3) is 0 Å². The van der Waals surface area contributed by atoms with Crippen LogP contribution in [0.15, 0.2) is 0 Å². The van der Waals surface area contributed by atoms with Gasteiger partial charge in [0, 0.05) is 5.92 Å². The molecule has 0 fully saturated rings. The molecule has 0 rings (SSSR count). The van der Waals surface area contributed by atoms with E-state index in [0.717, 1.165) is 0 Å². The Labute approximate surface area is 79.1 Å². The lowest BCUT2D eigenvalue weighted by atomic mass is 9.93. The van der Waals surface area contributed by atoms with E-state index < -0.39 is 42.7 Å². The van der Waals surface area contributed by atoms with Crippen molar-refractivity contribution in [2.45, 2.75) is 18.9 Å². The summed E-state index contributed by atoms with van der Waals surface area (Å²) in [6.07, 6.45) is -1.14. The summed E-state index contributed by atoms with van der Waals surface area (Å²) in [7, 11) is 0. The summed E-state index contributed by atoms with van der Waals surface area (Å²) in [6.45, 7) is 0. The van der Waals surface area contributed by atoms with Gasteiger partial charge in [0.2, 0.25) is 0 Å². The normalized spacial score (nSPS) is 12.4. The van der Waals surface area contributed by atoms with Crippen molar-refractivity contribution in [1.29, 1.82) is 0 Å². The first-order valence-corrected chi connectivity index (χ1v) is 3.76. The van der Waals surface area contributed by atoms with Crippen LogP contribution in [0.2, 0.25) is 0 Å². The van der Waals surface area contributed by atoms with Crippen LogP contribution in [0, 0.1) is 5.92 Å². The summed E-state index contributed by atoms with van der Waals surface area (Å²) in [5, 5.41) is 25.2. The maximum Gasteiger partial charge on any atom is 0.320 e. The average Bonchev–Trinajstić information content (AvgIpc) is 1.99. The molecule has 0 radical (unpaired) electrons. The van der Waals surface area contributed by atoms with Crippen molar-refractivity contribution in [2.75, 3.05) is 0 Å². The minimum Gasteiger partial charge on any atom is -0.481 e. The van der Waals surface area contributed by atoms with Crippen LogP contribution in [0.1, 0.15) is 12.8 Å². The van der Waals surface area contributed by atoms with Crippen LogP contribution in [-0.4, -0.2) is 39.3 Å². The first-order chi connectivity index (χ1) is 6.34. The van der Waals surface area contributed by atoms with Gasteiger partial charge >= 0.3 is 17.9 Å². The van der Waals surface area contributed by atoms with E-state index in [-0.39, 0.29) is 0 Å². The molecule has 0 amide bonds. The van der Waals surface area contributed by atoms with E-state index >= 15 is 0 Å². The van der Waals surface area contributed by atoms with Gasteiger partial charge in [0.1, 0.15) is 6.04 Å². The molecule has 80 valence electrons. The van der Waals surface area contributed by atoms with E-state index in [1.165, 1.54) is 0 Å². The number of aliphatic carboxylic acids is 3. The molecule has 5 N–H and O–H groups in total. The molecule has 0 bridgehead atoms. The molecule has 0 saturated carbocycles. The third-order valence-electron chi connectivity index (χ3n) is 1.67. The fourth-order valence-corrected chi connectivity index (χ4v) is 0.976. The lowest BCUT2D eigenvalue weighted by Crippen LogP contribution is -2.40. The van der Waals surface area contributed by atoms with Gasteiger partial charge < -0.3 is 21.1 Å². The van der Waals surface area contributed by atoms with Crippen molar-refractivity contribution in [3.05, 3.63) is 0 Å². The van der Waals surface area contributed by atoms with Crippen LogP contribution in [0.4, 0.5) is 0 Å². The fraction of sp³-hybridized carbons (Fsp3) is 0.571. The highest BCUT2D eigenvalue weighted by molar-refractivity contribution is 5.77. The second kappa shape index (κ2) is 5.18. The molecule has 0 saturated heterocycles. The molecule has 0 aliphatic carbocycles. The SMILES string of the molecule is N[C@H](C(=O)O)C(CC(=O)O)CC(=O)O. The Morgan fingerprint density at radius 2 is 1.36 bits per heavy atom. The highest BCUT2D eigenvalue weighted by Gasteiger charge is 2.28. The van der Waals surface area contributed by atoms with Crippen molar-refractivity contribution in [3.63, 3.8) is 0 Å². The molecule has 0 spiro atoms. The van der Waals surface area contributed by atoms with Crippen LogP contribution in [0.5, 0.6) is 0 Å². The summed E-state index contributed by atoms with van der Waals surface area (Å²) >= 11 is 0. The second-order valence-corrected chi connectivity index (χ2v) is 2.82. The largest absolute Gasteiger partial charge is 0.481 e. The van der Waals surface area contributed by atoms with Gasteiger partial charge in [-0.2, -0.15) is 0 Å². The first-order valence-electron chi connectivity index (χ1n) is 3.76. The Kier molecular flexibility index (Phi) is 4.57. The highest BCUT2D eigenvalue weighted by Crippen LogP contribution is 2.12. The van der Waals surface area contributed by atoms with Gasteiger partial charge in [0.15, 0.2) is 0 Å². The third-order valence-corrected chi connectivity index (χ3v) is 1.67. The Balaban J connectivity index is 4.45. The van der Waals surface area contributed by atoms with Crippen molar-refractivity contribution in [2.24, 2.45) is 11.7 Å². The Hall–Kier alpha value is -1.63. The molecule has 0 aliphatic rings. The van der Waals surface area contributed by atoms with Gasteiger partial charge in [-0.15, -0.1) is 0 Å². The maximum atomic E-state index is 10.4. The van der Waals surface area contributed by atoms with E-state index in [1.54, 1.807) is 0 Å². The van der Waals surface area contributed by atoms with Gasteiger partial charge in [-0.25, -0.2) is 0 Å². The Morgan fingerprint density at radius 1 is 1.00 bits per heavy atom. The quantitative estimate of drug-likeness (QED) is 0.434. The van der Waals surface area contributed by atoms with E-state index in [1.807, 2.05) is 0 Å². The van der Waals surface area contributed by atoms with Gasteiger partial charge in [-0.05, 0) is 0 Å². The Bertz CT molecular complexity index is 235. The first kappa shape index (κ1) is 12.4. The number of hydrogen-bond donors (Lipinski definition) is 4. The standard InChI is InChI=1S/C7H11NO6/c8-6(7(13)14)3(1-4(9)10)2-5(11)12/h3,6H,1-2,8H2,(H,9,10)(H,11,12)(H,13,14)/t6-/m0/s1. The summed E-state index contributed by atoms with van der Waals surface area (Å²) in [5.74, 6) is -5.04. The lowest BCUT2D eigenvalue weighted by molar-refractivity contribution is -0.144. The zero-order valence-corrected chi connectivity index (χ0v) is 7.21. The molecule has 0 heterocycles. The minimum absolute atomic E-state index is 0.570. The van der Waals surface area contributed by atoms with Crippen molar-refractivity contribution in [3.8, 4) is 0 Å². The highest BCUT2D eigenvalue weighted by atomic mass is 16.4. The number of nitrogens with two attached hydrogens (primary N) is 1. The van der Waals surface area contributed by atoms with Crippen LogP contribution in [-0.2, 0) is 14.4 Å². The number of rotatable bonds is 6. The molecule has 0 aliphatic heterocycles. The molecule has 7 nitrogen and oxygen atoms in total. The summed E-state index contributed by atoms with van der Waals surface area (Å²) in [5.41, 5.74) is 5.13. The van der Waals surface area contributed by atoms with E-state index in [2.05, 4.69) is 0 Å². The fourth-order valence-electron chi connectivity index (χ4n) is 0.976. The molecule has 14 heavy (non-hydrogen) atoms. The van der Waals surface area contributed by atoms with Crippen molar-refractivity contribution >= 4 is 17.9 Å². The summed E-state index contributed by atoms with van der Waals surface area (Å²) in [6, 6.07) is -1.47. The number of carbonyl (C=O) groups is 3. The smallest absolute Gasteiger partial charge is 0.320 e. The Morgan fingerprint density at radius 3 is 1.57 bits per heavy atom. The molecular weight excluding hydrogens is 194 g/mol. The number of carboxylic acids is 3. The van der Waals surface area contributed by atoms with Crippen LogP contribution >= 0.6 is 0 Å². The monoisotopic (exact) mass is 205 g/mol. The second-order valence-electron chi connectivity index (χ2n) is 2.82. The molecule has 1 atom stereocenters. The van der Waals surface area contributed by atoms with Crippen LogP contribution in [0.25, 0.3) is 0 Å². The van der Waals surface area contributed by atoms with E-state index in [9.17, 15) is 14.4 Å². The van der Waals surface area contributed by atoms with E-state index in [0.29, 0.717) is 0 Å². The third kappa shape index (κ3) is 4.41.